The topological polar surface area (TPSA) is 67.8 Å². The lowest BCUT2D eigenvalue weighted by Crippen LogP contribution is -2.32. The molecular formula is C11H18N2O2S. The SMILES string of the molecule is CC(C)(CCOCc1cccs1)C(N)=NO. The Morgan fingerprint density at radius 1 is 1.62 bits per heavy atom. The second-order valence-corrected chi connectivity index (χ2v) is 5.28. The van der Waals surface area contributed by atoms with Gasteiger partial charge in [-0.2, -0.15) is 0 Å². The number of hydrogen-bond donors (Lipinski definition) is 2. The first-order valence-corrected chi connectivity index (χ1v) is 6.02. The van der Waals surface area contributed by atoms with Crippen LogP contribution in [0.3, 0.4) is 0 Å². The quantitative estimate of drug-likeness (QED) is 0.265. The van der Waals surface area contributed by atoms with Crippen LogP contribution in [-0.2, 0) is 11.3 Å². The average molecular weight is 242 g/mol. The third-order valence-electron chi connectivity index (χ3n) is 2.50. The lowest BCUT2D eigenvalue weighted by Gasteiger charge is -2.22. The summed E-state index contributed by atoms with van der Waals surface area (Å²) >= 11 is 1.68. The number of oxime groups is 1. The third kappa shape index (κ3) is 3.83. The highest BCUT2D eigenvalue weighted by atomic mass is 32.1. The van der Waals surface area contributed by atoms with Crippen LogP contribution < -0.4 is 5.73 Å². The number of hydrogen-bond acceptors (Lipinski definition) is 4. The fourth-order valence-electron chi connectivity index (χ4n) is 1.16. The molecule has 16 heavy (non-hydrogen) atoms. The summed E-state index contributed by atoms with van der Waals surface area (Å²) in [6.45, 7) is 5.08. The predicted octanol–water partition coefficient (Wildman–Crippen LogP) is 2.43. The Morgan fingerprint density at radius 2 is 2.38 bits per heavy atom. The van der Waals surface area contributed by atoms with Crippen LogP contribution in [-0.4, -0.2) is 17.6 Å². The molecule has 0 amide bonds. The van der Waals surface area contributed by atoms with Gasteiger partial charge in [-0.25, -0.2) is 0 Å². The van der Waals surface area contributed by atoms with Gasteiger partial charge >= 0.3 is 0 Å². The highest BCUT2D eigenvalue weighted by molar-refractivity contribution is 7.09. The molecule has 1 heterocycles. The first-order valence-electron chi connectivity index (χ1n) is 5.14. The van der Waals surface area contributed by atoms with Gasteiger partial charge in [0.15, 0.2) is 0 Å². The molecule has 0 fully saturated rings. The Morgan fingerprint density at radius 3 is 2.94 bits per heavy atom. The van der Waals surface area contributed by atoms with Crippen LogP contribution in [0, 0.1) is 5.41 Å². The van der Waals surface area contributed by atoms with Gasteiger partial charge in [-0.15, -0.1) is 11.3 Å². The predicted molar refractivity (Wildman–Crippen MR) is 65.8 cm³/mol. The molecule has 0 saturated carbocycles. The van der Waals surface area contributed by atoms with E-state index in [1.165, 1.54) is 4.88 Å². The van der Waals surface area contributed by atoms with Crippen molar-refractivity contribution >= 4 is 17.2 Å². The molecule has 0 aromatic carbocycles. The number of rotatable bonds is 6. The summed E-state index contributed by atoms with van der Waals surface area (Å²) in [5, 5.41) is 13.7. The minimum absolute atomic E-state index is 0.243. The summed E-state index contributed by atoms with van der Waals surface area (Å²) in [6.07, 6.45) is 0.730. The molecule has 0 aliphatic carbocycles. The number of amidine groups is 1. The lowest BCUT2D eigenvalue weighted by molar-refractivity contribution is 0.105. The Labute approximate surface area is 99.7 Å². The van der Waals surface area contributed by atoms with Crippen molar-refractivity contribution < 1.29 is 9.94 Å². The van der Waals surface area contributed by atoms with Gasteiger partial charge in [-0.1, -0.05) is 25.1 Å². The summed E-state index contributed by atoms with van der Waals surface area (Å²) in [5.41, 5.74) is 5.24. The normalized spacial score (nSPS) is 13.0. The Balaban J connectivity index is 2.25. The second-order valence-electron chi connectivity index (χ2n) is 4.25. The maximum atomic E-state index is 8.60. The smallest absolute Gasteiger partial charge is 0.144 e. The van der Waals surface area contributed by atoms with Gasteiger partial charge in [0.1, 0.15) is 5.84 Å². The minimum atomic E-state index is -0.329. The van der Waals surface area contributed by atoms with E-state index in [-0.39, 0.29) is 11.3 Å². The van der Waals surface area contributed by atoms with E-state index in [2.05, 4.69) is 5.16 Å². The van der Waals surface area contributed by atoms with Gasteiger partial charge in [-0.05, 0) is 17.9 Å². The van der Waals surface area contributed by atoms with Crippen LogP contribution in [0.25, 0.3) is 0 Å². The van der Waals surface area contributed by atoms with Gasteiger partial charge in [0, 0.05) is 16.9 Å². The van der Waals surface area contributed by atoms with Gasteiger partial charge in [-0.3, -0.25) is 0 Å². The summed E-state index contributed by atoms with van der Waals surface area (Å²) in [5.74, 6) is 0.243. The summed E-state index contributed by atoms with van der Waals surface area (Å²) in [7, 11) is 0. The second kappa shape index (κ2) is 5.86. The zero-order valence-electron chi connectivity index (χ0n) is 9.64. The van der Waals surface area contributed by atoms with Crippen molar-refractivity contribution in [3.63, 3.8) is 0 Å². The standard InChI is InChI=1S/C11H18N2O2S/c1-11(2,10(12)13-14)5-6-15-8-9-4-3-7-16-9/h3-4,7,14H,5-6,8H2,1-2H3,(H2,12,13). The van der Waals surface area contributed by atoms with Crippen molar-refractivity contribution in [2.45, 2.75) is 26.9 Å². The molecule has 0 bridgehead atoms. The van der Waals surface area contributed by atoms with Gasteiger partial charge in [0.05, 0.1) is 6.61 Å². The van der Waals surface area contributed by atoms with Crippen molar-refractivity contribution in [3.8, 4) is 0 Å². The van der Waals surface area contributed by atoms with E-state index in [1.54, 1.807) is 11.3 Å². The lowest BCUT2D eigenvalue weighted by atomic mass is 9.88. The molecule has 1 aromatic rings. The summed E-state index contributed by atoms with van der Waals surface area (Å²) in [4.78, 5) is 1.21. The van der Waals surface area contributed by atoms with E-state index in [0.29, 0.717) is 13.2 Å². The third-order valence-corrected chi connectivity index (χ3v) is 3.35. The monoisotopic (exact) mass is 242 g/mol. The molecule has 0 unspecified atom stereocenters. The molecular weight excluding hydrogens is 224 g/mol. The molecule has 3 N–H and O–H groups in total. The summed E-state index contributed by atoms with van der Waals surface area (Å²) in [6, 6.07) is 4.04. The Bertz CT molecular complexity index is 334. The first kappa shape index (κ1) is 13.0. The van der Waals surface area contributed by atoms with Gasteiger partial charge in [0.25, 0.3) is 0 Å². The van der Waals surface area contributed by atoms with Crippen molar-refractivity contribution in [2.75, 3.05) is 6.61 Å². The van der Waals surface area contributed by atoms with E-state index < -0.39 is 0 Å². The molecule has 0 aliphatic rings. The van der Waals surface area contributed by atoms with Gasteiger partial charge < -0.3 is 15.7 Å². The van der Waals surface area contributed by atoms with E-state index in [0.717, 1.165) is 6.42 Å². The molecule has 4 nitrogen and oxygen atoms in total. The minimum Gasteiger partial charge on any atom is -0.409 e. The largest absolute Gasteiger partial charge is 0.409 e. The molecule has 5 heteroatoms. The van der Waals surface area contributed by atoms with Crippen molar-refractivity contribution in [1.82, 2.24) is 0 Å². The molecule has 0 saturated heterocycles. The number of nitrogens with two attached hydrogens (primary N) is 1. The van der Waals surface area contributed by atoms with Crippen LogP contribution in [0.2, 0.25) is 0 Å². The Kier molecular flexibility index (Phi) is 4.76. The summed E-state index contributed by atoms with van der Waals surface area (Å²) < 4.78 is 5.53. The van der Waals surface area contributed by atoms with Crippen LogP contribution >= 0.6 is 11.3 Å². The number of ether oxygens (including phenoxy) is 1. The van der Waals surface area contributed by atoms with Crippen molar-refractivity contribution in [3.05, 3.63) is 22.4 Å². The Hall–Kier alpha value is -1.07. The first-order chi connectivity index (χ1) is 7.56. The fraction of sp³-hybridized carbons (Fsp3) is 0.545. The molecule has 0 radical (unpaired) electrons. The van der Waals surface area contributed by atoms with Crippen molar-refractivity contribution in [1.29, 1.82) is 0 Å². The van der Waals surface area contributed by atoms with Crippen LogP contribution in [0.1, 0.15) is 25.1 Å². The van der Waals surface area contributed by atoms with E-state index in [9.17, 15) is 0 Å². The van der Waals surface area contributed by atoms with E-state index >= 15 is 0 Å². The molecule has 0 atom stereocenters. The van der Waals surface area contributed by atoms with Crippen LogP contribution in [0.5, 0.6) is 0 Å². The average Bonchev–Trinajstić information content (AvgIpc) is 2.76. The zero-order chi connectivity index (χ0) is 12.0. The molecule has 0 aliphatic heterocycles. The van der Waals surface area contributed by atoms with E-state index in [4.69, 9.17) is 15.7 Å². The maximum absolute atomic E-state index is 8.60. The van der Waals surface area contributed by atoms with Crippen LogP contribution in [0.15, 0.2) is 22.7 Å². The van der Waals surface area contributed by atoms with Crippen molar-refractivity contribution in [2.24, 2.45) is 16.3 Å². The highest BCUT2D eigenvalue weighted by Crippen LogP contribution is 2.20. The highest BCUT2D eigenvalue weighted by Gasteiger charge is 2.23. The maximum Gasteiger partial charge on any atom is 0.144 e. The molecule has 1 rings (SSSR count). The number of nitrogens with zero attached hydrogens (tertiary/aromatic N) is 1. The number of thiophene rings is 1. The zero-order valence-corrected chi connectivity index (χ0v) is 10.5. The van der Waals surface area contributed by atoms with Gasteiger partial charge in [0.2, 0.25) is 0 Å². The molecule has 1 aromatic heterocycles. The fourth-order valence-corrected chi connectivity index (χ4v) is 1.80. The molecule has 0 spiro atoms. The molecule has 90 valence electrons. The van der Waals surface area contributed by atoms with E-state index in [1.807, 2.05) is 31.4 Å². The van der Waals surface area contributed by atoms with Crippen LogP contribution in [0.4, 0.5) is 0 Å².